The summed E-state index contributed by atoms with van der Waals surface area (Å²) in [6, 6.07) is 0. The first-order chi connectivity index (χ1) is 9.88. The Morgan fingerprint density at radius 3 is 2.95 bits per heavy atom. The van der Waals surface area contributed by atoms with E-state index in [9.17, 15) is 0 Å². The molecule has 108 valence electrons. The number of H-pyrrole nitrogens is 1. The molecule has 1 aliphatic carbocycles. The SMILES string of the molecule is CCCCNc1ncc2c(C3CCCCC3)c[nH]c2n1. The quantitative estimate of drug-likeness (QED) is 0.801. The predicted octanol–water partition coefficient (Wildman–Crippen LogP) is 4.22. The average Bonchev–Trinajstić information content (AvgIpc) is 2.91. The standard InChI is InChI=1S/C16H24N4/c1-2-3-9-17-16-19-11-14-13(10-18-15(14)20-16)12-7-5-4-6-8-12/h10-12H,2-9H2,1H3,(H2,17,18,19,20). The minimum atomic E-state index is 0.694. The molecule has 2 aromatic heterocycles. The summed E-state index contributed by atoms with van der Waals surface area (Å²) in [5, 5.41) is 4.49. The first-order valence-corrected chi connectivity index (χ1v) is 7.96. The summed E-state index contributed by atoms with van der Waals surface area (Å²) in [5.74, 6) is 1.43. The zero-order chi connectivity index (χ0) is 13.8. The van der Waals surface area contributed by atoms with E-state index < -0.39 is 0 Å². The molecule has 4 nitrogen and oxygen atoms in total. The van der Waals surface area contributed by atoms with Gasteiger partial charge in [0.25, 0.3) is 0 Å². The molecule has 2 N–H and O–H groups in total. The molecule has 0 atom stereocenters. The minimum absolute atomic E-state index is 0.694. The van der Waals surface area contributed by atoms with Crippen LogP contribution >= 0.6 is 0 Å². The summed E-state index contributed by atoms with van der Waals surface area (Å²) in [4.78, 5) is 12.4. The van der Waals surface area contributed by atoms with Gasteiger partial charge in [0.15, 0.2) is 0 Å². The Bertz CT molecular complexity index is 555. The molecule has 0 bridgehead atoms. The summed E-state index contributed by atoms with van der Waals surface area (Å²) in [5.41, 5.74) is 2.39. The summed E-state index contributed by atoms with van der Waals surface area (Å²) in [6.45, 7) is 3.13. The Kier molecular flexibility index (Phi) is 4.19. The van der Waals surface area contributed by atoms with Gasteiger partial charge in [-0.15, -0.1) is 0 Å². The van der Waals surface area contributed by atoms with Crippen molar-refractivity contribution in [3.8, 4) is 0 Å². The minimum Gasteiger partial charge on any atom is -0.354 e. The molecule has 4 heteroatoms. The van der Waals surface area contributed by atoms with E-state index in [0.29, 0.717) is 5.92 Å². The van der Waals surface area contributed by atoms with Gasteiger partial charge in [-0.2, -0.15) is 4.98 Å². The van der Waals surface area contributed by atoms with Gasteiger partial charge in [-0.3, -0.25) is 0 Å². The maximum absolute atomic E-state index is 4.58. The average molecular weight is 272 g/mol. The zero-order valence-corrected chi connectivity index (χ0v) is 12.3. The highest BCUT2D eigenvalue weighted by molar-refractivity contribution is 5.80. The molecular formula is C16H24N4. The molecule has 0 aromatic carbocycles. The van der Waals surface area contributed by atoms with Gasteiger partial charge in [0.05, 0.1) is 0 Å². The third-order valence-corrected chi connectivity index (χ3v) is 4.32. The number of aromatic nitrogens is 3. The van der Waals surface area contributed by atoms with Crippen molar-refractivity contribution in [3.63, 3.8) is 0 Å². The smallest absolute Gasteiger partial charge is 0.224 e. The van der Waals surface area contributed by atoms with Gasteiger partial charge in [0.1, 0.15) is 5.65 Å². The maximum Gasteiger partial charge on any atom is 0.224 e. The number of fused-ring (bicyclic) bond motifs is 1. The first kappa shape index (κ1) is 13.4. The number of hydrogen-bond acceptors (Lipinski definition) is 3. The third-order valence-electron chi connectivity index (χ3n) is 4.32. The normalized spacial score (nSPS) is 16.6. The van der Waals surface area contributed by atoms with E-state index in [1.165, 1.54) is 49.5 Å². The van der Waals surface area contributed by atoms with Crippen molar-refractivity contribution in [2.24, 2.45) is 0 Å². The second-order valence-electron chi connectivity index (χ2n) is 5.82. The highest BCUT2D eigenvalue weighted by Gasteiger charge is 2.19. The van der Waals surface area contributed by atoms with E-state index in [1.54, 1.807) is 0 Å². The highest BCUT2D eigenvalue weighted by atomic mass is 15.1. The van der Waals surface area contributed by atoms with E-state index in [4.69, 9.17) is 0 Å². The fourth-order valence-electron chi connectivity index (χ4n) is 3.14. The Balaban J connectivity index is 1.78. The summed E-state index contributed by atoms with van der Waals surface area (Å²) >= 11 is 0. The lowest BCUT2D eigenvalue weighted by Gasteiger charge is -2.20. The molecule has 1 fully saturated rings. The number of nitrogens with one attached hydrogen (secondary N) is 2. The van der Waals surface area contributed by atoms with Gasteiger partial charge in [-0.1, -0.05) is 32.6 Å². The van der Waals surface area contributed by atoms with Crippen molar-refractivity contribution in [2.75, 3.05) is 11.9 Å². The van der Waals surface area contributed by atoms with Gasteiger partial charge in [-0.25, -0.2) is 4.98 Å². The van der Waals surface area contributed by atoms with Crippen LogP contribution in [-0.2, 0) is 0 Å². The van der Waals surface area contributed by atoms with Gasteiger partial charge in [0, 0.05) is 24.3 Å². The van der Waals surface area contributed by atoms with Gasteiger partial charge in [-0.05, 0) is 30.7 Å². The van der Waals surface area contributed by atoms with Crippen molar-refractivity contribution in [2.45, 2.75) is 57.8 Å². The highest BCUT2D eigenvalue weighted by Crippen LogP contribution is 2.35. The topological polar surface area (TPSA) is 53.6 Å². The van der Waals surface area contributed by atoms with Crippen LogP contribution in [0.3, 0.4) is 0 Å². The van der Waals surface area contributed by atoms with Crippen LogP contribution in [0, 0.1) is 0 Å². The Hall–Kier alpha value is -1.58. The number of unbranched alkanes of at least 4 members (excludes halogenated alkanes) is 1. The van der Waals surface area contributed by atoms with Crippen molar-refractivity contribution in [3.05, 3.63) is 18.0 Å². The van der Waals surface area contributed by atoms with Crippen LogP contribution in [0.15, 0.2) is 12.4 Å². The number of anilines is 1. The maximum atomic E-state index is 4.58. The largest absolute Gasteiger partial charge is 0.354 e. The van der Waals surface area contributed by atoms with E-state index in [0.717, 1.165) is 24.6 Å². The summed E-state index contributed by atoms with van der Waals surface area (Å²) < 4.78 is 0. The monoisotopic (exact) mass is 272 g/mol. The number of rotatable bonds is 5. The van der Waals surface area contributed by atoms with Crippen LogP contribution in [0.5, 0.6) is 0 Å². The lowest BCUT2D eigenvalue weighted by molar-refractivity contribution is 0.445. The fourth-order valence-corrected chi connectivity index (χ4v) is 3.14. The number of nitrogens with zero attached hydrogens (tertiary/aromatic N) is 2. The van der Waals surface area contributed by atoms with Gasteiger partial charge < -0.3 is 10.3 Å². The zero-order valence-electron chi connectivity index (χ0n) is 12.3. The molecule has 0 radical (unpaired) electrons. The second-order valence-corrected chi connectivity index (χ2v) is 5.82. The molecule has 20 heavy (non-hydrogen) atoms. The molecule has 0 spiro atoms. The molecule has 0 aliphatic heterocycles. The first-order valence-electron chi connectivity index (χ1n) is 7.96. The third kappa shape index (κ3) is 2.79. The molecule has 2 aromatic rings. The molecule has 0 unspecified atom stereocenters. The Morgan fingerprint density at radius 1 is 1.30 bits per heavy atom. The summed E-state index contributed by atoms with van der Waals surface area (Å²) in [6.07, 6.45) is 13.2. The van der Waals surface area contributed by atoms with Crippen molar-refractivity contribution < 1.29 is 0 Å². The van der Waals surface area contributed by atoms with Crippen molar-refractivity contribution in [1.29, 1.82) is 0 Å². The van der Waals surface area contributed by atoms with Crippen LogP contribution in [0.25, 0.3) is 11.0 Å². The van der Waals surface area contributed by atoms with Crippen LogP contribution in [0.2, 0.25) is 0 Å². The van der Waals surface area contributed by atoms with Crippen LogP contribution in [0.1, 0.15) is 63.4 Å². The lowest BCUT2D eigenvalue weighted by Crippen LogP contribution is -2.05. The fraction of sp³-hybridized carbons (Fsp3) is 0.625. The summed E-state index contributed by atoms with van der Waals surface area (Å²) in [7, 11) is 0. The molecule has 0 amide bonds. The van der Waals surface area contributed by atoms with Gasteiger partial charge in [0.2, 0.25) is 5.95 Å². The van der Waals surface area contributed by atoms with E-state index in [1.807, 2.05) is 6.20 Å². The Labute approximate surface area is 120 Å². The molecule has 1 saturated carbocycles. The number of hydrogen-bond donors (Lipinski definition) is 2. The number of aromatic amines is 1. The van der Waals surface area contributed by atoms with Gasteiger partial charge >= 0.3 is 0 Å². The van der Waals surface area contributed by atoms with Crippen LogP contribution < -0.4 is 5.32 Å². The molecule has 3 rings (SSSR count). The van der Waals surface area contributed by atoms with Crippen molar-refractivity contribution in [1.82, 2.24) is 15.0 Å². The van der Waals surface area contributed by atoms with E-state index in [-0.39, 0.29) is 0 Å². The van der Waals surface area contributed by atoms with Crippen molar-refractivity contribution >= 4 is 17.0 Å². The van der Waals surface area contributed by atoms with Crippen LogP contribution in [0.4, 0.5) is 5.95 Å². The Morgan fingerprint density at radius 2 is 2.15 bits per heavy atom. The van der Waals surface area contributed by atoms with Crippen LogP contribution in [-0.4, -0.2) is 21.5 Å². The molecule has 2 heterocycles. The second kappa shape index (κ2) is 6.25. The van der Waals surface area contributed by atoms with E-state index >= 15 is 0 Å². The van der Waals surface area contributed by atoms with E-state index in [2.05, 4.69) is 33.4 Å². The molecule has 1 aliphatic rings. The molecular weight excluding hydrogens is 248 g/mol. The molecule has 0 saturated heterocycles. The predicted molar refractivity (Wildman–Crippen MR) is 83.1 cm³/mol. The lowest BCUT2D eigenvalue weighted by atomic mass is 9.84.